The maximum absolute atomic E-state index is 13.8. The van der Waals surface area contributed by atoms with Crippen LogP contribution in [0.3, 0.4) is 0 Å². The molecule has 140 valence electrons. The number of halogens is 1. The maximum Gasteiger partial charge on any atom is 0.243 e. The van der Waals surface area contributed by atoms with Crippen molar-refractivity contribution in [3.8, 4) is 17.5 Å². The van der Waals surface area contributed by atoms with Gasteiger partial charge in [0.25, 0.3) is 0 Å². The predicted molar refractivity (Wildman–Crippen MR) is 89.3 cm³/mol. The van der Waals surface area contributed by atoms with Crippen LogP contribution < -0.4 is 14.2 Å². The van der Waals surface area contributed by atoms with Crippen molar-refractivity contribution >= 4 is 10.0 Å². The summed E-state index contributed by atoms with van der Waals surface area (Å²) in [5.41, 5.74) is 0. The number of hydrogen-bond donors (Lipinski definition) is 0. The number of aromatic nitrogens is 2. The third-order valence-electron chi connectivity index (χ3n) is 3.96. The molecule has 0 aliphatic carbocycles. The Morgan fingerprint density at radius 2 is 1.96 bits per heavy atom. The first-order valence-electron chi connectivity index (χ1n) is 7.80. The van der Waals surface area contributed by atoms with E-state index in [2.05, 4.69) is 9.97 Å². The molecule has 1 atom stereocenters. The second-order valence-electron chi connectivity index (χ2n) is 5.59. The molecule has 0 bridgehead atoms. The number of sulfonamides is 1. The van der Waals surface area contributed by atoms with Crippen LogP contribution in [0.4, 0.5) is 4.39 Å². The summed E-state index contributed by atoms with van der Waals surface area (Å²) in [6, 6.07) is 3.56. The van der Waals surface area contributed by atoms with E-state index < -0.39 is 15.8 Å². The lowest BCUT2D eigenvalue weighted by Crippen LogP contribution is -2.31. The van der Waals surface area contributed by atoms with Crippen LogP contribution in [0.25, 0.3) is 0 Å². The Balaban J connectivity index is 1.71. The fraction of sp³-hybridized carbons (Fsp3) is 0.375. The van der Waals surface area contributed by atoms with Crippen molar-refractivity contribution in [1.29, 1.82) is 0 Å². The summed E-state index contributed by atoms with van der Waals surface area (Å²) < 4.78 is 56.0. The monoisotopic (exact) mass is 383 g/mol. The highest BCUT2D eigenvalue weighted by atomic mass is 32.2. The predicted octanol–water partition coefficient (Wildman–Crippen LogP) is 1.47. The molecule has 1 aromatic heterocycles. The van der Waals surface area contributed by atoms with Gasteiger partial charge in [-0.25, -0.2) is 12.8 Å². The van der Waals surface area contributed by atoms with E-state index in [0.717, 1.165) is 6.07 Å². The van der Waals surface area contributed by atoms with Gasteiger partial charge in [0.1, 0.15) is 6.10 Å². The second-order valence-corrected chi connectivity index (χ2v) is 7.53. The molecule has 10 heteroatoms. The van der Waals surface area contributed by atoms with Crippen molar-refractivity contribution < 1.29 is 27.0 Å². The highest BCUT2D eigenvalue weighted by Gasteiger charge is 2.34. The highest BCUT2D eigenvalue weighted by Crippen LogP contribution is 2.26. The molecule has 3 rings (SSSR count). The molecule has 1 saturated heterocycles. The Bertz CT molecular complexity index is 893. The average Bonchev–Trinajstić information content (AvgIpc) is 3.11. The average molecular weight is 383 g/mol. The third-order valence-corrected chi connectivity index (χ3v) is 5.82. The molecule has 0 N–H and O–H groups in total. The van der Waals surface area contributed by atoms with Gasteiger partial charge in [-0.3, -0.25) is 4.98 Å². The largest absolute Gasteiger partial charge is 0.494 e. The standard InChI is InChI=1S/C16H18FN3O5S/c1-23-14-4-3-12(7-13(14)17)26(21,22)20-6-5-11(10-20)25-16-9-18-8-15(19-16)24-2/h3-4,7-9,11H,5-6,10H2,1-2H3/t11-/m0/s1. The molecule has 0 amide bonds. The van der Waals surface area contributed by atoms with Gasteiger partial charge >= 0.3 is 0 Å². The second kappa shape index (κ2) is 7.42. The summed E-state index contributed by atoms with van der Waals surface area (Å²) in [6.07, 6.45) is 2.97. The van der Waals surface area contributed by atoms with E-state index in [4.69, 9.17) is 14.2 Å². The highest BCUT2D eigenvalue weighted by molar-refractivity contribution is 7.89. The van der Waals surface area contributed by atoms with Crippen molar-refractivity contribution in [1.82, 2.24) is 14.3 Å². The Hall–Kier alpha value is -2.46. The van der Waals surface area contributed by atoms with Crippen LogP contribution in [0.5, 0.6) is 17.5 Å². The van der Waals surface area contributed by atoms with E-state index >= 15 is 0 Å². The minimum absolute atomic E-state index is 0.0109. The zero-order valence-corrected chi connectivity index (χ0v) is 15.1. The fourth-order valence-corrected chi connectivity index (χ4v) is 4.12. The van der Waals surface area contributed by atoms with Gasteiger partial charge in [-0.2, -0.15) is 9.29 Å². The van der Waals surface area contributed by atoms with E-state index in [0.29, 0.717) is 12.3 Å². The van der Waals surface area contributed by atoms with Crippen LogP contribution in [0.15, 0.2) is 35.5 Å². The zero-order valence-electron chi connectivity index (χ0n) is 14.3. The molecule has 8 nitrogen and oxygen atoms in total. The lowest BCUT2D eigenvalue weighted by atomic mass is 10.3. The molecule has 26 heavy (non-hydrogen) atoms. The molecule has 0 unspecified atom stereocenters. The van der Waals surface area contributed by atoms with Gasteiger partial charge in [0, 0.05) is 6.54 Å². The van der Waals surface area contributed by atoms with Crippen molar-refractivity contribution in [2.75, 3.05) is 27.3 Å². The SMILES string of the molecule is COc1cncc(O[C@H]2CCN(S(=O)(=O)c3ccc(OC)c(F)c3)C2)n1. The Kier molecular flexibility index (Phi) is 5.23. The minimum atomic E-state index is -3.83. The van der Waals surface area contributed by atoms with Gasteiger partial charge in [-0.05, 0) is 24.6 Å². The molecule has 1 aliphatic heterocycles. The van der Waals surface area contributed by atoms with E-state index in [9.17, 15) is 12.8 Å². The van der Waals surface area contributed by atoms with Crippen LogP contribution in [-0.4, -0.2) is 56.1 Å². The van der Waals surface area contributed by atoms with Gasteiger partial charge in [0.05, 0.1) is 38.1 Å². The summed E-state index contributed by atoms with van der Waals surface area (Å²) in [6.45, 7) is 0.396. The number of hydrogen-bond acceptors (Lipinski definition) is 7. The number of rotatable bonds is 6. The quantitative estimate of drug-likeness (QED) is 0.746. The smallest absolute Gasteiger partial charge is 0.243 e. The zero-order chi connectivity index (χ0) is 18.7. The summed E-state index contributed by atoms with van der Waals surface area (Å²) in [7, 11) is -1.05. The van der Waals surface area contributed by atoms with Crippen LogP contribution in [0.1, 0.15) is 6.42 Å². The van der Waals surface area contributed by atoms with Crippen LogP contribution >= 0.6 is 0 Å². The van der Waals surface area contributed by atoms with Gasteiger partial charge < -0.3 is 14.2 Å². The summed E-state index contributed by atoms with van der Waals surface area (Å²) >= 11 is 0. The van der Waals surface area contributed by atoms with E-state index in [1.165, 1.54) is 43.1 Å². The first-order valence-corrected chi connectivity index (χ1v) is 9.24. The molecule has 1 fully saturated rings. The Labute approximate surface area is 150 Å². The maximum atomic E-state index is 13.8. The van der Waals surface area contributed by atoms with E-state index in [1.54, 1.807) is 0 Å². The normalized spacial score (nSPS) is 17.9. The Morgan fingerprint density at radius 1 is 1.19 bits per heavy atom. The third kappa shape index (κ3) is 3.70. The molecule has 2 aromatic rings. The lowest BCUT2D eigenvalue weighted by Gasteiger charge is -2.17. The number of methoxy groups -OCH3 is 2. The van der Waals surface area contributed by atoms with Crippen molar-refractivity contribution in [2.45, 2.75) is 17.4 Å². The molecule has 0 radical (unpaired) electrons. The van der Waals surface area contributed by atoms with Gasteiger partial charge in [0.15, 0.2) is 11.6 Å². The number of ether oxygens (including phenoxy) is 3. The summed E-state index contributed by atoms with van der Waals surface area (Å²) in [4.78, 5) is 7.91. The molecule has 1 aromatic carbocycles. The number of nitrogens with zero attached hydrogens (tertiary/aromatic N) is 3. The van der Waals surface area contributed by atoms with Gasteiger partial charge in [-0.15, -0.1) is 0 Å². The van der Waals surface area contributed by atoms with E-state index in [1.807, 2.05) is 0 Å². The Morgan fingerprint density at radius 3 is 2.65 bits per heavy atom. The molecular weight excluding hydrogens is 365 g/mol. The lowest BCUT2D eigenvalue weighted by molar-refractivity contribution is 0.203. The first-order chi connectivity index (χ1) is 12.4. The van der Waals surface area contributed by atoms with E-state index in [-0.39, 0.29) is 35.7 Å². The molecule has 0 saturated carbocycles. The van der Waals surface area contributed by atoms with Gasteiger partial charge in [0.2, 0.25) is 21.8 Å². The molecule has 1 aliphatic rings. The van der Waals surface area contributed by atoms with Crippen molar-refractivity contribution in [2.24, 2.45) is 0 Å². The van der Waals surface area contributed by atoms with Crippen LogP contribution in [0.2, 0.25) is 0 Å². The molecule has 0 spiro atoms. The summed E-state index contributed by atoms with van der Waals surface area (Å²) in [5, 5.41) is 0. The first kappa shape index (κ1) is 18.3. The fourth-order valence-electron chi connectivity index (χ4n) is 2.63. The van der Waals surface area contributed by atoms with Crippen LogP contribution in [0, 0.1) is 5.82 Å². The van der Waals surface area contributed by atoms with Gasteiger partial charge in [-0.1, -0.05) is 0 Å². The topological polar surface area (TPSA) is 90.9 Å². The van der Waals surface area contributed by atoms with Crippen LogP contribution in [-0.2, 0) is 10.0 Å². The molecule has 2 heterocycles. The van der Waals surface area contributed by atoms with Crippen molar-refractivity contribution in [3.63, 3.8) is 0 Å². The number of benzene rings is 1. The van der Waals surface area contributed by atoms with Crippen molar-refractivity contribution in [3.05, 3.63) is 36.4 Å². The minimum Gasteiger partial charge on any atom is -0.494 e. The molecular formula is C16H18FN3O5S. The summed E-state index contributed by atoms with van der Waals surface area (Å²) in [5.74, 6) is -0.182.